The van der Waals surface area contributed by atoms with E-state index < -0.39 is 0 Å². The van der Waals surface area contributed by atoms with Gasteiger partial charge in [-0.15, -0.1) is 24.8 Å². The van der Waals surface area contributed by atoms with Crippen LogP contribution in [0.4, 0.5) is 5.69 Å². The van der Waals surface area contributed by atoms with E-state index >= 15 is 0 Å². The van der Waals surface area contributed by atoms with Crippen LogP contribution in [0.3, 0.4) is 0 Å². The minimum absolute atomic E-state index is 0. The third kappa shape index (κ3) is 7.77. The van der Waals surface area contributed by atoms with E-state index in [0.29, 0.717) is 13.1 Å². The molecule has 0 aliphatic rings. The van der Waals surface area contributed by atoms with Gasteiger partial charge in [-0.3, -0.25) is 4.79 Å². The van der Waals surface area contributed by atoms with Gasteiger partial charge in [-0.25, -0.2) is 0 Å². The first-order valence-electron chi connectivity index (χ1n) is 5.61. The van der Waals surface area contributed by atoms with E-state index in [-0.39, 0.29) is 37.3 Å². The van der Waals surface area contributed by atoms with Crippen LogP contribution in [-0.4, -0.2) is 32.7 Å². The first kappa shape index (κ1) is 20.2. The molecule has 4 N–H and O–H groups in total. The number of benzene rings is 1. The van der Waals surface area contributed by atoms with Crippen molar-refractivity contribution in [3.8, 4) is 5.75 Å². The fraction of sp³-hybridized carbons (Fsp3) is 0.417. The quantitative estimate of drug-likeness (QED) is 0.666. The number of halogens is 2. The number of hydrogen-bond acceptors (Lipinski definition) is 4. The standard InChI is InChI=1S/C12H19N3O2.2ClH/c1-17-11-6-3-2-5-10(11)15-9-12(16)14-8-4-7-13;;/h2-3,5-6,15H,4,7-9,13H2,1H3,(H,14,16);2*1H. The molecule has 19 heavy (non-hydrogen) atoms. The molecule has 0 saturated carbocycles. The molecule has 0 radical (unpaired) electrons. The Hall–Kier alpha value is -1.17. The van der Waals surface area contributed by atoms with Crippen LogP contribution in [0.1, 0.15) is 6.42 Å². The molecule has 0 spiro atoms. The predicted octanol–water partition coefficient (Wildman–Crippen LogP) is 1.42. The number of hydrogen-bond donors (Lipinski definition) is 3. The van der Waals surface area contributed by atoms with Gasteiger partial charge in [0.2, 0.25) is 5.91 Å². The number of amides is 1. The van der Waals surface area contributed by atoms with Gasteiger partial charge < -0.3 is 21.1 Å². The molecule has 1 aromatic rings. The van der Waals surface area contributed by atoms with Crippen LogP contribution in [-0.2, 0) is 4.79 Å². The maximum atomic E-state index is 11.4. The summed E-state index contributed by atoms with van der Waals surface area (Å²) in [6, 6.07) is 7.48. The van der Waals surface area contributed by atoms with E-state index in [2.05, 4.69) is 10.6 Å². The Morgan fingerprint density at radius 1 is 1.32 bits per heavy atom. The highest BCUT2D eigenvalue weighted by Gasteiger charge is 2.03. The van der Waals surface area contributed by atoms with Gasteiger partial charge in [-0.05, 0) is 25.1 Å². The molecule has 0 heterocycles. The molecule has 0 aromatic heterocycles. The summed E-state index contributed by atoms with van der Waals surface area (Å²) in [7, 11) is 1.60. The summed E-state index contributed by atoms with van der Waals surface area (Å²) in [6.07, 6.45) is 0.792. The summed E-state index contributed by atoms with van der Waals surface area (Å²) in [6.45, 7) is 1.42. The van der Waals surface area contributed by atoms with Crippen LogP contribution >= 0.6 is 24.8 Å². The average molecular weight is 310 g/mol. The largest absolute Gasteiger partial charge is 0.495 e. The van der Waals surface area contributed by atoms with E-state index in [4.69, 9.17) is 10.5 Å². The van der Waals surface area contributed by atoms with Crippen LogP contribution in [0.5, 0.6) is 5.75 Å². The Kier molecular flexibility index (Phi) is 12.6. The van der Waals surface area contributed by atoms with Crippen molar-refractivity contribution in [3.63, 3.8) is 0 Å². The van der Waals surface area contributed by atoms with Crippen LogP contribution < -0.4 is 21.1 Å². The molecule has 0 atom stereocenters. The lowest BCUT2D eigenvalue weighted by Crippen LogP contribution is -2.31. The maximum Gasteiger partial charge on any atom is 0.239 e. The van der Waals surface area contributed by atoms with Gasteiger partial charge in [0.05, 0.1) is 19.3 Å². The number of carbonyl (C=O) groups excluding carboxylic acids is 1. The molecule has 110 valence electrons. The summed E-state index contributed by atoms with van der Waals surface area (Å²) >= 11 is 0. The van der Waals surface area contributed by atoms with Crippen molar-refractivity contribution in [1.29, 1.82) is 0 Å². The van der Waals surface area contributed by atoms with Gasteiger partial charge in [0.15, 0.2) is 0 Å². The van der Waals surface area contributed by atoms with Crippen molar-refractivity contribution in [1.82, 2.24) is 5.32 Å². The second-order valence-electron chi connectivity index (χ2n) is 3.55. The van der Waals surface area contributed by atoms with E-state index in [0.717, 1.165) is 17.9 Å². The van der Waals surface area contributed by atoms with E-state index in [1.165, 1.54) is 0 Å². The summed E-state index contributed by atoms with van der Waals surface area (Å²) in [5.41, 5.74) is 6.14. The Labute approximate surface area is 126 Å². The number of anilines is 1. The second-order valence-corrected chi connectivity index (χ2v) is 3.55. The lowest BCUT2D eigenvalue weighted by Gasteiger charge is -2.10. The highest BCUT2D eigenvalue weighted by Crippen LogP contribution is 2.22. The Balaban J connectivity index is 0. The van der Waals surface area contributed by atoms with Crippen molar-refractivity contribution in [2.75, 3.05) is 32.1 Å². The SMILES string of the molecule is COc1ccccc1NCC(=O)NCCCN.Cl.Cl. The summed E-state index contributed by atoms with van der Waals surface area (Å²) in [5, 5.41) is 5.79. The number of carbonyl (C=O) groups is 1. The van der Waals surface area contributed by atoms with Crippen molar-refractivity contribution in [2.45, 2.75) is 6.42 Å². The van der Waals surface area contributed by atoms with E-state index in [9.17, 15) is 4.79 Å². The molecule has 0 saturated heterocycles. The third-order valence-corrected chi connectivity index (χ3v) is 2.25. The van der Waals surface area contributed by atoms with Crippen molar-refractivity contribution in [3.05, 3.63) is 24.3 Å². The van der Waals surface area contributed by atoms with Crippen molar-refractivity contribution < 1.29 is 9.53 Å². The molecule has 1 amide bonds. The molecule has 0 fully saturated rings. The smallest absolute Gasteiger partial charge is 0.239 e. The molecule has 0 unspecified atom stereocenters. The Morgan fingerprint density at radius 3 is 2.63 bits per heavy atom. The number of ether oxygens (including phenoxy) is 1. The zero-order valence-corrected chi connectivity index (χ0v) is 12.5. The summed E-state index contributed by atoms with van der Waals surface area (Å²) in [5.74, 6) is 0.673. The zero-order valence-electron chi connectivity index (χ0n) is 10.8. The van der Waals surface area contributed by atoms with Gasteiger partial charge in [-0.1, -0.05) is 12.1 Å². The van der Waals surface area contributed by atoms with E-state index in [1.54, 1.807) is 7.11 Å². The molecule has 1 aromatic carbocycles. The minimum atomic E-state index is -0.0515. The lowest BCUT2D eigenvalue weighted by atomic mass is 10.3. The normalized spacial score (nSPS) is 8.74. The van der Waals surface area contributed by atoms with Gasteiger partial charge >= 0.3 is 0 Å². The van der Waals surface area contributed by atoms with Gasteiger partial charge in [0.1, 0.15) is 5.75 Å². The number of nitrogens with one attached hydrogen (secondary N) is 2. The van der Waals surface area contributed by atoms with Gasteiger partial charge in [-0.2, -0.15) is 0 Å². The topological polar surface area (TPSA) is 76.4 Å². The van der Waals surface area contributed by atoms with Crippen molar-refractivity contribution in [2.24, 2.45) is 5.73 Å². The highest BCUT2D eigenvalue weighted by molar-refractivity contribution is 5.85. The highest BCUT2D eigenvalue weighted by atomic mass is 35.5. The third-order valence-electron chi connectivity index (χ3n) is 2.25. The fourth-order valence-corrected chi connectivity index (χ4v) is 1.36. The number of methoxy groups -OCH3 is 1. The van der Waals surface area contributed by atoms with Gasteiger partial charge in [0, 0.05) is 6.54 Å². The number of nitrogens with two attached hydrogens (primary N) is 1. The van der Waals surface area contributed by atoms with Crippen LogP contribution in [0.2, 0.25) is 0 Å². The molecule has 0 aliphatic carbocycles. The van der Waals surface area contributed by atoms with Crippen molar-refractivity contribution >= 4 is 36.4 Å². The van der Waals surface area contributed by atoms with E-state index in [1.807, 2.05) is 24.3 Å². The lowest BCUT2D eigenvalue weighted by molar-refractivity contribution is -0.119. The molecule has 7 heteroatoms. The van der Waals surface area contributed by atoms with Crippen LogP contribution in [0.25, 0.3) is 0 Å². The Bertz CT molecular complexity index is 365. The van der Waals surface area contributed by atoms with Gasteiger partial charge in [0.25, 0.3) is 0 Å². The molecular formula is C12H21Cl2N3O2. The first-order valence-corrected chi connectivity index (χ1v) is 5.61. The second kappa shape index (κ2) is 11.9. The predicted molar refractivity (Wildman–Crippen MR) is 82.7 cm³/mol. The molecule has 0 bridgehead atoms. The molecule has 5 nitrogen and oxygen atoms in total. The zero-order chi connectivity index (χ0) is 12.5. The first-order chi connectivity index (χ1) is 8.27. The summed E-state index contributed by atoms with van der Waals surface area (Å²) < 4.78 is 5.17. The molecular weight excluding hydrogens is 289 g/mol. The van der Waals surface area contributed by atoms with Crippen LogP contribution in [0.15, 0.2) is 24.3 Å². The Morgan fingerprint density at radius 2 is 2.00 bits per heavy atom. The maximum absolute atomic E-state index is 11.4. The van der Waals surface area contributed by atoms with Crippen LogP contribution in [0, 0.1) is 0 Å². The minimum Gasteiger partial charge on any atom is -0.495 e. The molecule has 0 aliphatic heterocycles. The average Bonchev–Trinajstić information content (AvgIpc) is 2.37. The monoisotopic (exact) mass is 309 g/mol. The number of rotatable bonds is 7. The fourth-order valence-electron chi connectivity index (χ4n) is 1.36. The summed E-state index contributed by atoms with van der Waals surface area (Å²) in [4.78, 5) is 11.4. The number of para-hydroxylation sites is 2. The molecule has 1 rings (SSSR count).